The molecule has 0 unspecified atom stereocenters. The number of amides is 1. The van der Waals surface area contributed by atoms with Crippen LogP contribution >= 0.6 is 11.6 Å². The molecule has 0 fully saturated rings. The largest absolute Gasteiger partial charge is 0.493 e. The maximum Gasteiger partial charge on any atom is 0.272 e. The van der Waals surface area contributed by atoms with Gasteiger partial charge in [-0.05, 0) is 31.0 Å². The molecule has 5 nitrogen and oxygen atoms in total. The lowest BCUT2D eigenvalue weighted by atomic mass is 10.0. The van der Waals surface area contributed by atoms with Crippen LogP contribution in [0, 0.1) is 0 Å². The van der Waals surface area contributed by atoms with E-state index in [1.54, 1.807) is 12.1 Å². The molecule has 24 heavy (non-hydrogen) atoms. The first-order valence-electron chi connectivity index (χ1n) is 7.57. The summed E-state index contributed by atoms with van der Waals surface area (Å²) in [6.45, 7) is 0.00854. The van der Waals surface area contributed by atoms with Crippen LogP contribution in [0.3, 0.4) is 0 Å². The molecule has 0 spiro atoms. The summed E-state index contributed by atoms with van der Waals surface area (Å²) in [4.78, 5) is 12.4. The molecule has 0 saturated carbocycles. The Kier molecular flexibility index (Phi) is 4.99. The predicted octanol–water partition coefficient (Wildman–Crippen LogP) is 3.45. The van der Waals surface area contributed by atoms with Gasteiger partial charge in [0, 0.05) is 16.8 Å². The summed E-state index contributed by atoms with van der Waals surface area (Å²) in [5, 5.41) is 7.34. The van der Waals surface area contributed by atoms with Crippen molar-refractivity contribution in [1.29, 1.82) is 0 Å². The van der Waals surface area contributed by atoms with Crippen molar-refractivity contribution in [3.63, 3.8) is 0 Å². The zero-order valence-electron chi connectivity index (χ0n) is 12.7. The molecule has 1 N–H and O–H groups in total. The summed E-state index contributed by atoms with van der Waals surface area (Å²) in [5.74, 6) is 0.240. The average Bonchev–Trinajstić information content (AvgIpc) is 2.89. The number of aromatic nitrogens is 2. The second kappa shape index (κ2) is 7.17. The Hall–Kier alpha value is -2.15. The summed E-state index contributed by atoms with van der Waals surface area (Å²) in [5.41, 5.74) is 0.952. The summed E-state index contributed by atoms with van der Waals surface area (Å²) in [6.07, 6.45) is 0.330. The molecule has 1 aliphatic rings. The third kappa shape index (κ3) is 3.84. The fourth-order valence-corrected chi connectivity index (χ4v) is 2.82. The first-order valence-corrected chi connectivity index (χ1v) is 7.95. The number of fused-ring (bicyclic) bond motifs is 1. The Bertz CT molecular complexity index is 736. The van der Waals surface area contributed by atoms with E-state index in [2.05, 4.69) is 10.4 Å². The number of hydrogen-bond acceptors (Lipinski definition) is 3. The minimum Gasteiger partial charge on any atom is -0.493 e. The van der Waals surface area contributed by atoms with Crippen molar-refractivity contribution in [2.45, 2.75) is 31.9 Å². The average molecular weight is 356 g/mol. The molecule has 1 aliphatic heterocycles. The van der Waals surface area contributed by atoms with Crippen LogP contribution in [0.15, 0.2) is 30.5 Å². The minimum absolute atomic E-state index is 0.108. The summed E-state index contributed by atoms with van der Waals surface area (Å²) in [7, 11) is 0. The highest BCUT2D eigenvalue weighted by molar-refractivity contribution is 6.30. The topological polar surface area (TPSA) is 56.1 Å². The SMILES string of the molecule is O=C(N[C@@H]1CCCOc2cc(Cl)ccc21)c1ccn(CC(F)F)n1. The Labute approximate surface area is 142 Å². The molecule has 1 atom stereocenters. The molecular formula is C16H16ClF2N3O2. The molecule has 128 valence electrons. The Morgan fingerprint density at radius 2 is 2.29 bits per heavy atom. The fourth-order valence-electron chi connectivity index (χ4n) is 2.65. The van der Waals surface area contributed by atoms with Gasteiger partial charge in [-0.1, -0.05) is 17.7 Å². The first kappa shape index (κ1) is 16.7. The van der Waals surface area contributed by atoms with E-state index >= 15 is 0 Å². The first-order chi connectivity index (χ1) is 11.5. The van der Waals surface area contributed by atoms with Gasteiger partial charge in [0.15, 0.2) is 0 Å². The molecule has 0 radical (unpaired) electrons. The summed E-state index contributed by atoms with van der Waals surface area (Å²) in [6, 6.07) is 6.47. The van der Waals surface area contributed by atoms with Gasteiger partial charge in [0.1, 0.15) is 18.0 Å². The third-order valence-corrected chi connectivity index (χ3v) is 3.98. The van der Waals surface area contributed by atoms with E-state index in [-0.39, 0.29) is 11.7 Å². The maximum absolute atomic E-state index is 12.4. The van der Waals surface area contributed by atoms with Gasteiger partial charge in [-0.2, -0.15) is 5.10 Å². The van der Waals surface area contributed by atoms with Gasteiger partial charge >= 0.3 is 0 Å². The molecule has 8 heteroatoms. The van der Waals surface area contributed by atoms with E-state index in [1.807, 2.05) is 6.07 Å². The normalized spacial score (nSPS) is 17.1. The number of halogens is 3. The van der Waals surface area contributed by atoms with Crippen molar-refractivity contribution in [3.8, 4) is 5.75 Å². The molecule has 1 amide bonds. The number of carbonyl (C=O) groups excluding carboxylic acids is 1. The molecule has 2 aromatic rings. The van der Waals surface area contributed by atoms with Crippen LogP contribution in [-0.2, 0) is 6.54 Å². The number of benzene rings is 1. The zero-order chi connectivity index (χ0) is 17.1. The standard InChI is InChI=1S/C16H16ClF2N3O2/c17-10-3-4-11-12(2-1-7-24-14(11)8-10)20-16(23)13-5-6-22(21-13)9-15(18)19/h3-6,8,12,15H,1-2,7,9H2,(H,20,23)/t12-/m1/s1. The summed E-state index contributed by atoms with van der Waals surface area (Å²) < 4.78 is 31.4. The van der Waals surface area contributed by atoms with E-state index in [0.29, 0.717) is 23.8 Å². The molecule has 1 aromatic carbocycles. The van der Waals surface area contributed by atoms with Crippen LogP contribution in [0.4, 0.5) is 8.78 Å². The summed E-state index contributed by atoms with van der Waals surface area (Å²) >= 11 is 5.98. The van der Waals surface area contributed by atoms with Crippen LogP contribution in [0.2, 0.25) is 5.02 Å². The van der Waals surface area contributed by atoms with Crippen LogP contribution < -0.4 is 10.1 Å². The second-order valence-electron chi connectivity index (χ2n) is 5.51. The second-order valence-corrected chi connectivity index (χ2v) is 5.95. The lowest BCUT2D eigenvalue weighted by Crippen LogP contribution is -2.29. The number of ether oxygens (including phenoxy) is 1. The predicted molar refractivity (Wildman–Crippen MR) is 84.6 cm³/mol. The van der Waals surface area contributed by atoms with Crippen molar-refractivity contribution in [2.75, 3.05) is 6.61 Å². The zero-order valence-corrected chi connectivity index (χ0v) is 13.5. The maximum atomic E-state index is 12.4. The van der Waals surface area contributed by atoms with E-state index < -0.39 is 18.9 Å². The van der Waals surface area contributed by atoms with Gasteiger partial charge in [-0.25, -0.2) is 8.78 Å². The van der Waals surface area contributed by atoms with Crippen LogP contribution in [0.25, 0.3) is 0 Å². The van der Waals surface area contributed by atoms with Crippen molar-refractivity contribution < 1.29 is 18.3 Å². The van der Waals surface area contributed by atoms with Gasteiger partial charge in [-0.3, -0.25) is 9.48 Å². The Morgan fingerprint density at radius 3 is 3.08 bits per heavy atom. The fraction of sp³-hybridized carbons (Fsp3) is 0.375. The number of nitrogens with zero attached hydrogens (tertiary/aromatic N) is 2. The molecule has 1 aromatic heterocycles. The van der Waals surface area contributed by atoms with E-state index in [0.717, 1.165) is 16.7 Å². The number of carbonyl (C=O) groups is 1. The van der Waals surface area contributed by atoms with E-state index in [4.69, 9.17) is 16.3 Å². The Morgan fingerprint density at radius 1 is 1.46 bits per heavy atom. The van der Waals surface area contributed by atoms with Gasteiger partial charge < -0.3 is 10.1 Å². The van der Waals surface area contributed by atoms with E-state index in [9.17, 15) is 13.6 Å². The molecule has 3 rings (SSSR count). The Balaban J connectivity index is 1.75. The quantitative estimate of drug-likeness (QED) is 0.914. The van der Waals surface area contributed by atoms with Gasteiger partial charge in [0.05, 0.1) is 12.6 Å². The van der Waals surface area contributed by atoms with Crippen molar-refractivity contribution in [2.24, 2.45) is 0 Å². The molecule has 0 bridgehead atoms. The lowest BCUT2D eigenvalue weighted by Gasteiger charge is -2.18. The smallest absolute Gasteiger partial charge is 0.272 e. The number of nitrogens with one attached hydrogen (secondary N) is 1. The van der Waals surface area contributed by atoms with Gasteiger partial charge in [0.25, 0.3) is 12.3 Å². The molecule has 0 saturated heterocycles. The van der Waals surface area contributed by atoms with Crippen molar-refractivity contribution in [1.82, 2.24) is 15.1 Å². The van der Waals surface area contributed by atoms with Crippen molar-refractivity contribution in [3.05, 3.63) is 46.7 Å². The number of alkyl halides is 2. The molecule has 0 aliphatic carbocycles. The highest BCUT2D eigenvalue weighted by atomic mass is 35.5. The number of rotatable bonds is 4. The molecular weight excluding hydrogens is 340 g/mol. The van der Waals surface area contributed by atoms with Crippen molar-refractivity contribution >= 4 is 17.5 Å². The van der Waals surface area contributed by atoms with Gasteiger partial charge in [0.2, 0.25) is 0 Å². The molecule has 2 heterocycles. The number of hydrogen-bond donors (Lipinski definition) is 1. The van der Waals surface area contributed by atoms with Crippen LogP contribution in [0.1, 0.15) is 34.9 Å². The third-order valence-electron chi connectivity index (χ3n) is 3.75. The monoisotopic (exact) mass is 355 g/mol. The minimum atomic E-state index is -2.52. The van der Waals surface area contributed by atoms with Crippen LogP contribution in [-0.4, -0.2) is 28.7 Å². The van der Waals surface area contributed by atoms with Gasteiger partial charge in [-0.15, -0.1) is 0 Å². The van der Waals surface area contributed by atoms with Crippen LogP contribution in [0.5, 0.6) is 5.75 Å². The van der Waals surface area contributed by atoms with E-state index in [1.165, 1.54) is 12.3 Å². The highest BCUT2D eigenvalue weighted by Gasteiger charge is 2.23. The highest BCUT2D eigenvalue weighted by Crippen LogP contribution is 2.33. The lowest BCUT2D eigenvalue weighted by molar-refractivity contribution is 0.0924.